The lowest BCUT2D eigenvalue weighted by Gasteiger charge is -2.26. The van der Waals surface area contributed by atoms with Gasteiger partial charge in [0.2, 0.25) is 0 Å². The van der Waals surface area contributed by atoms with Crippen molar-refractivity contribution in [3.05, 3.63) is 95.6 Å². The van der Waals surface area contributed by atoms with Gasteiger partial charge in [0.05, 0.1) is 0 Å². The highest BCUT2D eigenvalue weighted by Crippen LogP contribution is 2.32. The van der Waals surface area contributed by atoms with Crippen LogP contribution in [0.1, 0.15) is 49.2 Å². The van der Waals surface area contributed by atoms with Gasteiger partial charge in [0, 0.05) is 16.7 Å². The lowest BCUT2D eigenvalue weighted by molar-refractivity contribution is -0.122. The van der Waals surface area contributed by atoms with Crippen molar-refractivity contribution in [1.29, 1.82) is 0 Å². The number of anilines is 1. The van der Waals surface area contributed by atoms with E-state index in [2.05, 4.69) is 31.3 Å². The predicted molar refractivity (Wildman–Crippen MR) is 120 cm³/mol. The van der Waals surface area contributed by atoms with Crippen molar-refractivity contribution in [1.82, 2.24) is 0 Å². The van der Waals surface area contributed by atoms with Gasteiger partial charge in [-0.1, -0.05) is 56.3 Å². The third kappa shape index (κ3) is 4.95. The van der Waals surface area contributed by atoms with Crippen molar-refractivity contribution in [3.63, 3.8) is 0 Å². The molecule has 0 aromatic heterocycles. The molecule has 0 saturated carbocycles. The number of hydrogen-bond donors (Lipinski definition) is 1. The molecule has 0 spiro atoms. The molecule has 3 aromatic carbocycles. The van der Waals surface area contributed by atoms with Crippen LogP contribution in [0, 0.1) is 0 Å². The first-order valence-electron chi connectivity index (χ1n) is 10.0. The largest absolute Gasteiger partial charge is 0.481 e. The zero-order chi connectivity index (χ0) is 21.7. The molecule has 0 heterocycles. The molecule has 30 heavy (non-hydrogen) atoms. The lowest BCUT2D eigenvalue weighted by atomic mass is 9.78. The summed E-state index contributed by atoms with van der Waals surface area (Å²) in [5.74, 6) is 0.375. The summed E-state index contributed by atoms with van der Waals surface area (Å²) in [5.41, 5.74) is 3.51. The maximum atomic E-state index is 12.4. The summed E-state index contributed by atoms with van der Waals surface area (Å²) < 4.78 is 5.82. The third-order valence-electron chi connectivity index (χ3n) is 5.31. The van der Waals surface area contributed by atoms with Crippen LogP contribution in [0.4, 0.5) is 5.69 Å². The predicted octanol–water partition coefficient (Wildman–Crippen LogP) is 5.62. The van der Waals surface area contributed by atoms with Crippen LogP contribution in [0.15, 0.2) is 78.9 Å². The van der Waals surface area contributed by atoms with Crippen LogP contribution in [0.2, 0.25) is 0 Å². The monoisotopic (exact) mass is 401 g/mol. The van der Waals surface area contributed by atoms with Gasteiger partial charge < -0.3 is 10.1 Å². The van der Waals surface area contributed by atoms with Gasteiger partial charge in [0.25, 0.3) is 5.91 Å². The van der Waals surface area contributed by atoms with Gasteiger partial charge in [-0.15, -0.1) is 0 Å². The summed E-state index contributed by atoms with van der Waals surface area (Å²) in [5, 5.41) is 2.81. The molecular weight excluding hydrogens is 374 g/mol. The number of amides is 1. The van der Waals surface area contributed by atoms with Crippen LogP contribution in [-0.2, 0) is 10.2 Å². The zero-order valence-electron chi connectivity index (χ0n) is 17.8. The Labute approximate surface area is 177 Å². The number of rotatable bonds is 7. The molecule has 0 aliphatic heterocycles. The molecule has 1 amide bonds. The minimum absolute atomic E-state index is 0.0107. The summed E-state index contributed by atoms with van der Waals surface area (Å²) in [4.78, 5) is 23.8. The second-order valence-electron chi connectivity index (χ2n) is 7.90. The molecule has 3 aromatic rings. The normalized spacial score (nSPS) is 12.1. The number of benzene rings is 3. The lowest BCUT2D eigenvalue weighted by Crippen LogP contribution is -2.30. The number of hydrogen-bond acceptors (Lipinski definition) is 3. The van der Waals surface area contributed by atoms with Gasteiger partial charge in [-0.05, 0) is 61.4 Å². The Bertz CT molecular complexity index is 1010. The fourth-order valence-corrected chi connectivity index (χ4v) is 3.26. The average molecular weight is 402 g/mol. The minimum Gasteiger partial charge on any atom is -0.481 e. The van der Waals surface area contributed by atoms with E-state index in [-0.39, 0.29) is 17.1 Å². The summed E-state index contributed by atoms with van der Waals surface area (Å²) >= 11 is 0. The second-order valence-corrected chi connectivity index (χ2v) is 7.90. The number of carbonyl (C=O) groups is 2. The highest BCUT2D eigenvalue weighted by molar-refractivity contribution is 5.96. The van der Waals surface area contributed by atoms with E-state index in [0.717, 1.165) is 0 Å². The Morgan fingerprint density at radius 1 is 0.833 bits per heavy atom. The Balaban J connectivity index is 1.63. The van der Waals surface area contributed by atoms with E-state index in [4.69, 9.17) is 4.74 Å². The van der Waals surface area contributed by atoms with Crippen molar-refractivity contribution in [2.75, 3.05) is 5.32 Å². The Kier molecular flexibility index (Phi) is 6.36. The molecule has 0 saturated heterocycles. The van der Waals surface area contributed by atoms with E-state index in [1.165, 1.54) is 18.1 Å². The Morgan fingerprint density at radius 3 is 1.97 bits per heavy atom. The van der Waals surface area contributed by atoms with Gasteiger partial charge in [-0.2, -0.15) is 0 Å². The number of ketones is 1. The van der Waals surface area contributed by atoms with Crippen molar-refractivity contribution < 1.29 is 14.3 Å². The van der Waals surface area contributed by atoms with Gasteiger partial charge in [-0.3, -0.25) is 9.59 Å². The molecule has 0 aliphatic rings. The molecule has 3 rings (SSSR count). The molecule has 4 heteroatoms. The van der Waals surface area contributed by atoms with E-state index in [1.807, 2.05) is 42.5 Å². The first-order chi connectivity index (χ1) is 14.3. The fourth-order valence-electron chi connectivity index (χ4n) is 3.26. The molecule has 1 N–H and O–H groups in total. The topological polar surface area (TPSA) is 55.4 Å². The molecule has 154 valence electrons. The van der Waals surface area contributed by atoms with Gasteiger partial charge >= 0.3 is 0 Å². The summed E-state index contributed by atoms with van der Waals surface area (Å²) in [7, 11) is 0. The molecule has 0 radical (unpaired) electrons. The third-order valence-corrected chi connectivity index (χ3v) is 5.31. The van der Waals surface area contributed by atoms with Crippen LogP contribution < -0.4 is 10.1 Å². The van der Waals surface area contributed by atoms with Crippen LogP contribution in [0.25, 0.3) is 0 Å². The van der Waals surface area contributed by atoms with Crippen molar-refractivity contribution >= 4 is 17.4 Å². The highest BCUT2D eigenvalue weighted by Gasteiger charge is 2.23. The van der Waals surface area contributed by atoms with E-state index < -0.39 is 6.10 Å². The SMILES string of the molecule is CC(=O)c1ccc(NC(=O)C(C)Oc2ccc(C(C)(C)c3ccccc3)cc2)cc1. The van der Waals surface area contributed by atoms with Crippen LogP contribution in [0.5, 0.6) is 5.75 Å². The Hall–Kier alpha value is -3.40. The van der Waals surface area contributed by atoms with Crippen molar-refractivity contribution in [2.24, 2.45) is 0 Å². The summed E-state index contributed by atoms with van der Waals surface area (Å²) in [6.07, 6.45) is -0.662. The minimum atomic E-state index is -0.662. The standard InChI is InChI=1S/C26H27NO3/c1-18(28)20-10-14-23(15-11-20)27-25(29)19(2)30-24-16-12-22(13-17-24)26(3,4)21-8-6-5-7-9-21/h5-17,19H,1-4H3,(H,27,29). The van der Waals surface area contributed by atoms with Crippen LogP contribution in [-0.4, -0.2) is 17.8 Å². The van der Waals surface area contributed by atoms with E-state index in [1.54, 1.807) is 31.2 Å². The molecule has 0 fully saturated rings. The van der Waals surface area contributed by atoms with E-state index in [0.29, 0.717) is 17.0 Å². The average Bonchev–Trinajstić information content (AvgIpc) is 2.75. The molecule has 1 unspecified atom stereocenters. The van der Waals surface area contributed by atoms with E-state index >= 15 is 0 Å². The molecule has 0 aliphatic carbocycles. The molecule has 4 nitrogen and oxygen atoms in total. The maximum absolute atomic E-state index is 12.4. The first-order valence-corrected chi connectivity index (χ1v) is 10.0. The number of carbonyl (C=O) groups excluding carboxylic acids is 2. The number of nitrogens with one attached hydrogen (secondary N) is 1. The quantitative estimate of drug-likeness (QED) is 0.523. The summed E-state index contributed by atoms with van der Waals surface area (Å²) in [6.45, 7) is 7.59. The number of Topliss-reactive ketones (excluding diaryl/α,β-unsaturated/α-hetero) is 1. The second kappa shape index (κ2) is 8.95. The molecular formula is C26H27NO3. The molecule has 0 bridgehead atoms. The van der Waals surface area contributed by atoms with Gasteiger partial charge in [-0.25, -0.2) is 0 Å². The summed E-state index contributed by atoms with van der Waals surface area (Å²) in [6, 6.07) is 25.0. The van der Waals surface area contributed by atoms with Crippen molar-refractivity contribution in [2.45, 2.75) is 39.2 Å². The van der Waals surface area contributed by atoms with Gasteiger partial charge in [0.1, 0.15) is 5.75 Å². The maximum Gasteiger partial charge on any atom is 0.265 e. The number of ether oxygens (including phenoxy) is 1. The zero-order valence-corrected chi connectivity index (χ0v) is 17.8. The first kappa shape index (κ1) is 21.3. The van der Waals surface area contributed by atoms with Crippen LogP contribution >= 0.6 is 0 Å². The van der Waals surface area contributed by atoms with Gasteiger partial charge in [0.15, 0.2) is 11.9 Å². The molecule has 1 atom stereocenters. The Morgan fingerprint density at radius 2 is 1.40 bits per heavy atom. The fraction of sp³-hybridized carbons (Fsp3) is 0.231. The smallest absolute Gasteiger partial charge is 0.265 e. The van der Waals surface area contributed by atoms with Crippen LogP contribution in [0.3, 0.4) is 0 Å². The highest BCUT2D eigenvalue weighted by atomic mass is 16.5. The van der Waals surface area contributed by atoms with Crippen molar-refractivity contribution in [3.8, 4) is 5.75 Å². The van der Waals surface area contributed by atoms with E-state index in [9.17, 15) is 9.59 Å².